The predicted molar refractivity (Wildman–Crippen MR) is 68.7 cm³/mol. The van der Waals surface area contributed by atoms with Crippen molar-refractivity contribution in [1.29, 1.82) is 0 Å². The minimum atomic E-state index is -0.644. The number of aliphatic carboxylic acids is 1. The fourth-order valence-corrected chi connectivity index (χ4v) is 3.19. The molecule has 0 saturated carbocycles. The molecular formula is C12H18N2O2S. The Bertz CT molecular complexity index is 408. The molecular weight excluding hydrogens is 236 g/mol. The lowest BCUT2D eigenvalue weighted by Crippen LogP contribution is -2.44. The Hall–Kier alpha value is -1.10. The van der Waals surface area contributed by atoms with E-state index in [-0.39, 0.29) is 0 Å². The Balaban J connectivity index is 2.05. The lowest BCUT2D eigenvalue weighted by molar-refractivity contribution is -0.150. The van der Waals surface area contributed by atoms with Crippen LogP contribution in [0.5, 0.6) is 0 Å². The van der Waals surface area contributed by atoms with Gasteiger partial charge >= 0.3 is 5.97 Å². The first-order valence-corrected chi connectivity index (χ1v) is 6.86. The molecule has 0 atom stereocenters. The molecule has 1 saturated heterocycles. The Kier molecular flexibility index (Phi) is 3.38. The third-order valence-electron chi connectivity index (χ3n) is 3.73. The zero-order chi connectivity index (χ0) is 12.5. The van der Waals surface area contributed by atoms with Gasteiger partial charge in [-0.25, -0.2) is 4.98 Å². The number of aromatic nitrogens is 1. The lowest BCUT2D eigenvalue weighted by atomic mass is 9.76. The molecule has 2 rings (SSSR count). The summed E-state index contributed by atoms with van der Waals surface area (Å²) in [6.07, 6.45) is 2.15. The van der Waals surface area contributed by atoms with Gasteiger partial charge in [0.15, 0.2) is 5.13 Å². The smallest absolute Gasteiger partial charge is 0.309 e. The minimum Gasteiger partial charge on any atom is -0.481 e. The fourth-order valence-electron chi connectivity index (χ4n) is 2.33. The van der Waals surface area contributed by atoms with Gasteiger partial charge in [0.2, 0.25) is 0 Å². The minimum absolute atomic E-state index is 0.511. The van der Waals surface area contributed by atoms with E-state index >= 15 is 0 Å². The van der Waals surface area contributed by atoms with Gasteiger partial charge in [0.25, 0.3) is 0 Å². The predicted octanol–water partition coefficient (Wildman–Crippen LogP) is 2.53. The summed E-state index contributed by atoms with van der Waals surface area (Å²) in [5, 5.41) is 12.4. The van der Waals surface area contributed by atoms with Crippen LogP contribution in [0.25, 0.3) is 0 Å². The average molecular weight is 254 g/mol. The van der Waals surface area contributed by atoms with E-state index in [9.17, 15) is 9.90 Å². The maximum Gasteiger partial charge on any atom is 0.309 e. The van der Waals surface area contributed by atoms with Crippen molar-refractivity contribution >= 4 is 22.4 Å². The second-order valence-corrected chi connectivity index (χ2v) is 5.53. The maximum atomic E-state index is 11.3. The first kappa shape index (κ1) is 12.4. The van der Waals surface area contributed by atoms with E-state index in [4.69, 9.17) is 0 Å². The van der Waals surface area contributed by atoms with Crippen molar-refractivity contribution in [2.24, 2.45) is 5.41 Å². The summed E-state index contributed by atoms with van der Waals surface area (Å²) in [4.78, 5) is 18.0. The van der Waals surface area contributed by atoms with E-state index in [1.807, 2.05) is 19.2 Å². The Labute approximate surface area is 105 Å². The molecule has 1 aromatic rings. The molecule has 2 heterocycles. The molecule has 1 N–H and O–H groups in total. The van der Waals surface area contributed by atoms with E-state index in [1.165, 1.54) is 0 Å². The van der Waals surface area contributed by atoms with Crippen molar-refractivity contribution in [2.75, 3.05) is 18.0 Å². The number of nitrogens with zero attached hydrogens (tertiary/aromatic N) is 2. The molecule has 0 aliphatic carbocycles. The van der Waals surface area contributed by atoms with Gasteiger partial charge in [0.05, 0.1) is 11.1 Å². The SMILES string of the molecule is CCC1(C(=O)O)CCN(c2nc(C)cs2)CC1. The van der Waals surface area contributed by atoms with Gasteiger partial charge in [0.1, 0.15) is 0 Å². The number of hydrogen-bond donors (Lipinski definition) is 1. The number of rotatable bonds is 3. The number of carbonyl (C=O) groups is 1. The molecule has 0 unspecified atom stereocenters. The van der Waals surface area contributed by atoms with Crippen LogP contribution in [0.4, 0.5) is 5.13 Å². The third-order valence-corrected chi connectivity index (χ3v) is 4.75. The number of aryl methyl sites for hydroxylation is 1. The third kappa shape index (κ3) is 2.29. The molecule has 0 radical (unpaired) electrons. The number of hydrogen-bond acceptors (Lipinski definition) is 4. The van der Waals surface area contributed by atoms with Crippen molar-refractivity contribution in [3.05, 3.63) is 11.1 Å². The van der Waals surface area contributed by atoms with E-state index in [2.05, 4.69) is 9.88 Å². The van der Waals surface area contributed by atoms with Crippen molar-refractivity contribution in [1.82, 2.24) is 4.98 Å². The summed E-state index contributed by atoms with van der Waals surface area (Å²) in [6, 6.07) is 0. The zero-order valence-electron chi connectivity index (χ0n) is 10.3. The van der Waals surface area contributed by atoms with Gasteiger partial charge in [-0.3, -0.25) is 4.79 Å². The highest BCUT2D eigenvalue weighted by molar-refractivity contribution is 7.13. The number of thiazole rings is 1. The fraction of sp³-hybridized carbons (Fsp3) is 0.667. The van der Waals surface area contributed by atoms with Gasteiger partial charge in [0, 0.05) is 18.5 Å². The number of anilines is 1. The monoisotopic (exact) mass is 254 g/mol. The van der Waals surface area contributed by atoms with E-state index in [0.29, 0.717) is 6.42 Å². The lowest BCUT2D eigenvalue weighted by Gasteiger charge is -2.38. The Morgan fingerprint density at radius 2 is 2.24 bits per heavy atom. The average Bonchev–Trinajstić information content (AvgIpc) is 2.76. The molecule has 1 aliphatic heterocycles. The quantitative estimate of drug-likeness (QED) is 0.900. The number of carboxylic acid groups (broad SMARTS) is 1. The second-order valence-electron chi connectivity index (χ2n) is 4.70. The van der Waals surface area contributed by atoms with Crippen LogP contribution in [0.15, 0.2) is 5.38 Å². The summed E-state index contributed by atoms with van der Waals surface area (Å²) >= 11 is 1.64. The van der Waals surface area contributed by atoms with Crippen LogP contribution >= 0.6 is 11.3 Å². The van der Waals surface area contributed by atoms with Crippen LogP contribution in [0.2, 0.25) is 0 Å². The molecule has 5 heteroatoms. The highest BCUT2D eigenvalue weighted by Crippen LogP contribution is 2.37. The second kappa shape index (κ2) is 4.64. The van der Waals surface area contributed by atoms with Crippen molar-refractivity contribution < 1.29 is 9.90 Å². The molecule has 0 amide bonds. The number of piperidine rings is 1. The molecule has 0 bridgehead atoms. The van der Waals surface area contributed by atoms with Crippen LogP contribution < -0.4 is 4.90 Å². The number of carboxylic acids is 1. The van der Waals surface area contributed by atoms with Gasteiger partial charge in [-0.1, -0.05) is 6.92 Å². The van der Waals surface area contributed by atoms with E-state index in [0.717, 1.165) is 36.8 Å². The maximum absolute atomic E-state index is 11.3. The van der Waals surface area contributed by atoms with Crippen LogP contribution in [-0.4, -0.2) is 29.1 Å². The van der Waals surface area contributed by atoms with Crippen molar-refractivity contribution in [2.45, 2.75) is 33.1 Å². The molecule has 1 aliphatic rings. The van der Waals surface area contributed by atoms with E-state index < -0.39 is 11.4 Å². The highest BCUT2D eigenvalue weighted by atomic mass is 32.1. The van der Waals surface area contributed by atoms with E-state index in [1.54, 1.807) is 11.3 Å². The standard InChI is InChI=1S/C12H18N2O2S/c1-3-12(10(15)16)4-6-14(7-5-12)11-13-9(2)8-17-11/h8H,3-7H2,1-2H3,(H,15,16). The molecule has 1 fully saturated rings. The molecule has 17 heavy (non-hydrogen) atoms. The summed E-state index contributed by atoms with van der Waals surface area (Å²) in [5.41, 5.74) is 0.526. The van der Waals surface area contributed by atoms with Crippen LogP contribution in [0.3, 0.4) is 0 Å². The first-order chi connectivity index (χ1) is 8.07. The largest absolute Gasteiger partial charge is 0.481 e. The molecule has 4 nitrogen and oxygen atoms in total. The highest BCUT2D eigenvalue weighted by Gasteiger charge is 2.40. The normalized spacial score (nSPS) is 19.3. The van der Waals surface area contributed by atoms with Crippen LogP contribution in [0, 0.1) is 12.3 Å². The Morgan fingerprint density at radius 1 is 1.59 bits per heavy atom. The van der Waals surface area contributed by atoms with Gasteiger partial charge in [-0.2, -0.15) is 0 Å². The molecule has 1 aromatic heterocycles. The van der Waals surface area contributed by atoms with Crippen LogP contribution in [-0.2, 0) is 4.79 Å². The van der Waals surface area contributed by atoms with Crippen molar-refractivity contribution in [3.63, 3.8) is 0 Å². The van der Waals surface area contributed by atoms with Crippen molar-refractivity contribution in [3.8, 4) is 0 Å². The zero-order valence-corrected chi connectivity index (χ0v) is 11.1. The van der Waals surface area contributed by atoms with Gasteiger partial charge < -0.3 is 10.0 Å². The summed E-state index contributed by atoms with van der Waals surface area (Å²) in [6.45, 7) is 5.55. The first-order valence-electron chi connectivity index (χ1n) is 5.98. The Morgan fingerprint density at radius 3 is 2.65 bits per heavy atom. The van der Waals surface area contributed by atoms with Gasteiger partial charge in [-0.05, 0) is 26.2 Å². The summed E-state index contributed by atoms with van der Waals surface area (Å²) in [5.74, 6) is -0.644. The molecule has 0 spiro atoms. The molecule has 94 valence electrons. The molecule has 0 aromatic carbocycles. The summed E-state index contributed by atoms with van der Waals surface area (Å²) < 4.78 is 0. The topological polar surface area (TPSA) is 53.4 Å². The van der Waals surface area contributed by atoms with Crippen LogP contribution in [0.1, 0.15) is 31.9 Å². The summed E-state index contributed by atoms with van der Waals surface area (Å²) in [7, 11) is 0. The van der Waals surface area contributed by atoms with Gasteiger partial charge in [-0.15, -0.1) is 11.3 Å².